The van der Waals surface area contributed by atoms with Crippen LogP contribution in [0.2, 0.25) is 10.0 Å². The summed E-state index contributed by atoms with van der Waals surface area (Å²) in [5, 5.41) is 10.4. The molecule has 3 N–H and O–H groups in total. The number of carbonyl (C=O) groups is 1. The molecule has 0 heterocycles. The predicted octanol–water partition coefficient (Wildman–Crippen LogP) is 3.91. The lowest BCUT2D eigenvalue weighted by atomic mass is 10.1. The van der Waals surface area contributed by atoms with Gasteiger partial charge in [-0.15, -0.1) is 0 Å². The number of halogens is 2. The average Bonchev–Trinajstić information content (AvgIpc) is 2.41. The molecular weight excluding hydrogens is 311 g/mol. The Morgan fingerprint density at radius 3 is 2.57 bits per heavy atom. The fourth-order valence-electron chi connectivity index (χ4n) is 2.05. The van der Waals surface area contributed by atoms with E-state index in [4.69, 9.17) is 28.9 Å². The van der Waals surface area contributed by atoms with Gasteiger partial charge in [0.05, 0.1) is 11.3 Å². The fourth-order valence-corrected chi connectivity index (χ4v) is 2.52. The normalized spacial score (nSPS) is 10.4. The molecule has 0 aliphatic rings. The summed E-state index contributed by atoms with van der Waals surface area (Å²) in [6.45, 7) is 0.459. The minimum absolute atomic E-state index is 0.155. The van der Waals surface area contributed by atoms with Gasteiger partial charge in [0.15, 0.2) is 0 Å². The second kappa shape index (κ2) is 6.24. The first-order chi connectivity index (χ1) is 9.88. The molecule has 6 heteroatoms. The molecule has 110 valence electrons. The van der Waals surface area contributed by atoms with Crippen LogP contribution in [0, 0.1) is 0 Å². The van der Waals surface area contributed by atoms with Crippen molar-refractivity contribution in [3.05, 3.63) is 57.6 Å². The maximum Gasteiger partial charge on any atom is 0.337 e. The maximum absolute atomic E-state index is 11.3. The van der Waals surface area contributed by atoms with E-state index >= 15 is 0 Å². The van der Waals surface area contributed by atoms with Gasteiger partial charge in [-0.1, -0.05) is 29.3 Å². The summed E-state index contributed by atoms with van der Waals surface area (Å²) in [4.78, 5) is 13.1. The van der Waals surface area contributed by atoms with Gasteiger partial charge in [0, 0.05) is 29.3 Å². The van der Waals surface area contributed by atoms with Crippen LogP contribution >= 0.6 is 23.2 Å². The number of nitrogens with zero attached hydrogens (tertiary/aromatic N) is 1. The van der Waals surface area contributed by atoms with Crippen molar-refractivity contribution in [1.82, 2.24) is 0 Å². The smallest absolute Gasteiger partial charge is 0.337 e. The lowest BCUT2D eigenvalue weighted by molar-refractivity contribution is 0.0697. The van der Waals surface area contributed by atoms with Gasteiger partial charge in [0.2, 0.25) is 0 Å². The molecule has 0 aromatic heterocycles. The zero-order chi connectivity index (χ0) is 15.6. The summed E-state index contributed by atoms with van der Waals surface area (Å²) < 4.78 is 0. The van der Waals surface area contributed by atoms with E-state index in [0.29, 0.717) is 28.0 Å². The highest BCUT2D eigenvalue weighted by molar-refractivity contribution is 6.35. The van der Waals surface area contributed by atoms with Crippen LogP contribution in [-0.2, 0) is 6.54 Å². The number of hydrogen-bond acceptors (Lipinski definition) is 3. The van der Waals surface area contributed by atoms with Crippen LogP contribution in [0.5, 0.6) is 0 Å². The van der Waals surface area contributed by atoms with Crippen molar-refractivity contribution in [2.24, 2.45) is 0 Å². The highest BCUT2D eigenvalue weighted by Gasteiger charge is 2.15. The van der Waals surface area contributed by atoms with E-state index in [-0.39, 0.29) is 5.56 Å². The topological polar surface area (TPSA) is 66.6 Å². The molecule has 0 radical (unpaired) electrons. The maximum atomic E-state index is 11.3. The van der Waals surface area contributed by atoms with Crippen LogP contribution in [0.4, 0.5) is 11.4 Å². The third kappa shape index (κ3) is 3.60. The zero-order valence-corrected chi connectivity index (χ0v) is 12.8. The van der Waals surface area contributed by atoms with Crippen LogP contribution < -0.4 is 10.6 Å². The number of anilines is 2. The van der Waals surface area contributed by atoms with E-state index in [1.807, 2.05) is 6.07 Å². The molecule has 21 heavy (non-hydrogen) atoms. The lowest BCUT2D eigenvalue weighted by Crippen LogP contribution is -2.19. The summed E-state index contributed by atoms with van der Waals surface area (Å²) in [6, 6.07) is 10.0. The van der Waals surface area contributed by atoms with Gasteiger partial charge in [0.25, 0.3) is 0 Å². The quantitative estimate of drug-likeness (QED) is 0.837. The highest BCUT2D eigenvalue weighted by atomic mass is 35.5. The second-order valence-electron chi connectivity index (χ2n) is 4.67. The number of benzene rings is 2. The minimum Gasteiger partial charge on any atom is -0.478 e. The Morgan fingerprint density at radius 2 is 1.95 bits per heavy atom. The van der Waals surface area contributed by atoms with E-state index in [0.717, 1.165) is 5.56 Å². The SMILES string of the molecule is CN(Cc1ccc(Cl)cc1Cl)c1ccc(N)cc1C(=O)O. The molecule has 0 saturated heterocycles. The van der Waals surface area contributed by atoms with Crippen molar-refractivity contribution in [3.63, 3.8) is 0 Å². The van der Waals surface area contributed by atoms with Gasteiger partial charge in [-0.3, -0.25) is 0 Å². The summed E-state index contributed by atoms with van der Waals surface area (Å²) >= 11 is 12.0. The van der Waals surface area contributed by atoms with Gasteiger partial charge in [-0.2, -0.15) is 0 Å². The number of nitrogen functional groups attached to an aromatic ring is 1. The molecule has 0 unspecified atom stereocenters. The first-order valence-corrected chi connectivity index (χ1v) is 6.92. The molecule has 0 atom stereocenters. The minimum atomic E-state index is -1.02. The van der Waals surface area contributed by atoms with Gasteiger partial charge in [0.1, 0.15) is 0 Å². The van der Waals surface area contributed by atoms with E-state index in [1.54, 1.807) is 36.2 Å². The Morgan fingerprint density at radius 1 is 1.24 bits per heavy atom. The Bertz CT molecular complexity index is 689. The van der Waals surface area contributed by atoms with Crippen molar-refractivity contribution in [3.8, 4) is 0 Å². The van der Waals surface area contributed by atoms with Crippen molar-refractivity contribution in [1.29, 1.82) is 0 Å². The predicted molar refractivity (Wildman–Crippen MR) is 86.4 cm³/mol. The molecule has 0 aliphatic heterocycles. The third-order valence-corrected chi connectivity index (χ3v) is 3.67. The van der Waals surface area contributed by atoms with Gasteiger partial charge in [-0.25, -0.2) is 4.79 Å². The molecule has 0 spiro atoms. The van der Waals surface area contributed by atoms with E-state index in [2.05, 4.69) is 0 Å². The van der Waals surface area contributed by atoms with Crippen molar-refractivity contribution >= 4 is 40.5 Å². The first-order valence-electron chi connectivity index (χ1n) is 6.16. The summed E-state index contributed by atoms with van der Waals surface area (Å²) in [7, 11) is 1.79. The zero-order valence-electron chi connectivity index (χ0n) is 11.3. The number of hydrogen-bond donors (Lipinski definition) is 2. The molecular formula is C15H14Cl2N2O2. The van der Waals surface area contributed by atoms with Gasteiger partial charge in [-0.05, 0) is 35.9 Å². The molecule has 0 bridgehead atoms. The molecule has 0 saturated carbocycles. The van der Waals surface area contributed by atoms with Crippen molar-refractivity contribution in [2.45, 2.75) is 6.54 Å². The summed E-state index contributed by atoms with van der Waals surface area (Å²) in [5.74, 6) is -1.02. The van der Waals surface area contributed by atoms with Crippen LogP contribution in [0.3, 0.4) is 0 Å². The van der Waals surface area contributed by atoms with Crippen LogP contribution in [0.15, 0.2) is 36.4 Å². The van der Waals surface area contributed by atoms with E-state index < -0.39 is 5.97 Å². The van der Waals surface area contributed by atoms with Gasteiger partial charge < -0.3 is 15.7 Å². The summed E-state index contributed by atoms with van der Waals surface area (Å²) in [6.07, 6.45) is 0. The fraction of sp³-hybridized carbons (Fsp3) is 0.133. The number of carboxylic acid groups (broad SMARTS) is 1. The first kappa shape index (κ1) is 15.5. The van der Waals surface area contributed by atoms with E-state index in [9.17, 15) is 9.90 Å². The average molecular weight is 325 g/mol. The molecule has 2 aromatic rings. The monoisotopic (exact) mass is 324 g/mol. The van der Waals surface area contributed by atoms with E-state index in [1.165, 1.54) is 6.07 Å². The largest absolute Gasteiger partial charge is 0.478 e. The lowest BCUT2D eigenvalue weighted by Gasteiger charge is -2.22. The number of carboxylic acids is 1. The highest BCUT2D eigenvalue weighted by Crippen LogP contribution is 2.27. The molecule has 0 fully saturated rings. The summed E-state index contributed by atoms with van der Waals surface area (Å²) in [5.41, 5.74) is 7.64. The molecule has 2 rings (SSSR count). The standard InChI is InChI=1S/C15H14Cl2N2O2/c1-19(8-9-2-3-10(16)6-13(9)17)14-5-4-11(18)7-12(14)15(20)21/h2-7H,8,18H2,1H3,(H,20,21). The van der Waals surface area contributed by atoms with Crippen LogP contribution in [0.1, 0.15) is 15.9 Å². The van der Waals surface area contributed by atoms with Crippen molar-refractivity contribution < 1.29 is 9.90 Å². The van der Waals surface area contributed by atoms with Crippen LogP contribution in [0.25, 0.3) is 0 Å². The van der Waals surface area contributed by atoms with Crippen LogP contribution in [-0.4, -0.2) is 18.1 Å². The number of rotatable bonds is 4. The number of nitrogens with two attached hydrogens (primary N) is 1. The molecule has 0 amide bonds. The van der Waals surface area contributed by atoms with Crippen molar-refractivity contribution in [2.75, 3.05) is 17.7 Å². The Kier molecular flexibility index (Phi) is 4.60. The molecule has 0 aliphatic carbocycles. The van der Waals surface area contributed by atoms with Gasteiger partial charge >= 0.3 is 5.97 Å². The molecule has 4 nitrogen and oxygen atoms in total. The Hall–Kier alpha value is -1.91. The Balaban J connectivity index is 2.32. The second-order valence-corrected chi connectivity index (χ2v) is 5.52. The number of aromatic carboxylic acids is 1. The molecule has 2 aromatic carbocycles. The third-order valence-electron chi connectivity index (χ3n) is 3.08. The Labute approximate surface area is 132 Å².